The van der Waals surface area contributed by atoms with Crippen LogP contribution < -0.4 is 5.43 Å². The fraction of sp³-hybridized carbons (Fsp3) is 0.436. The molecule has 4 aromatic rings. The molecule has 0 radical (unpaired) electrons. The number of pyridine rings is 1. The Bertz CT molecular complexity index is 1950. The standard InChI is InChI=1S/C39H40F5N3O3S/c1-50-18-17-45-15-13-29(14-16-45)47(25-37-22-38(23-37,24-37)27-9-11-28(12-10-27)39(42,43)44)34(49)20-46-32-8-3-2-6-30(32)33(48)19-35(46)51-21-26-5-4-7-31(40)36(26)41/h2-12,19,29H,13-18,20-25H2,1H3. The largest absolute Gasteiger partial charge is 0.416 e. The zero-order valence-electron chi connectivity index (χ0n) is 28.4. The van der Waals surface area contributed by atoms with Crippen molar-refractivity contribution in [2.75, 3.05) is 39.9 Å². The highest BCUT2D eigenvalue weighted by Crippen LogP contribution is 2.73. The SMILES string of the molecule is COCCN1CCC(N(CC23CC(c4ccc(C(F)(F)F)cc4)(C2)C3)C(=O)Cn2c(SCc3cccc(F)c3F)cc(=O)c3ccccc32)CC1. The maximum atomic E-state index is 14.6. The summed E-state index contributed by atoms with van der Waals surface area (Å²) in [4.78, 5) is 32.1. The number of nitrogens with zero attached hydrogens (tertiary/aromatic N) is 3. The minimum absolute atomic E-state index is 0.00419. The van der Waals surface area contributed by atoms with Gasteiger partial charge in [0.1, 0.15) is 6.54 Å². The molecule has 51 heavy (non-hydrogen) atoms. The molecule has 0 unspecified atom stereocenters. The number of amides is 1. The lowest BCUT2D eigenvalue weighted by Gasteiger charge is -2.72. The number of para-hydroxylation sites is 1. The molecular weight excluding hydrogens is 686 g/mol. The fourth-order valence-corrected chi connectivity index (χ4v) is 9.60. The quantitative estimate of drug-likeness (QED) is 0.111. The summed E-state index contributed by atoms with van der Waals surface area (Å²) < 4.78 is 75.3. The molecule has 0 N–H and O–H groups in total. The molecule has 3 aromatic carbocycles. The maximum Gasteiger partial charge on any atom is 0.416 e. The zero-order valence-corrected chi connectivity index (χ0v) is 29.2. The summed E-state index contributed by atoms with van der Waals surface area (Å²) >= 11 is 1.18. The van der Waals surface area contributed by atoms with Gasteiger partial charge >= 0.3 is 6.18 Å². The highest BCUT2D eigenvalue weighted by Gasteiger charge is 2.68. The lowest BCUT2D eigenvalue weighted by molar-refractivity contribution is -0.172. The molecule has 8 rings (SSSR count). The van der Waals surface area contributed by atoms with Crippen LogP contribution in [0, 0.1) is 17.0 Å². The molecule has 3 aliphatic carbocycles. The van der Waals surface area contributed by atoms with E-state index in [-0.39, 0.29) is 46.1 Å². The predicted molar refractivity (Wildman–Crippen MR) is 187 cm³/mol. The number of halogens is 5. The number of carbonyl (C=O) groups is 1. The van der Waals surface area contributed by atoms with Crippen molar-refractivity contribution in [3.05, 3.63) is 111 Å². The van der Waals surface area contributed by atoms with Crippen LogP contribution in [-0.4, -0.2) is 66.2 Å². The van der Waals surface area contributed by atoms with Gasteiger partial charge in [-0.25, -0.2) is 8.78 Å². The lowest BCUT2D eigenvalue weighted by atomic mass is 9.33. The van der Waals surface area contributed by atoms with E-state index in [4.69, 9.17) is 4.74 Å². The average Bonchev–Trinajstić information content (AvgIpc) is 3.08. The van der Waals surface area contributed by atoms with E-state index < -0.39 is 23.4 Å². The van der Waals surface area contributed by atoms with Crippen molar-refractivity contribution in [1.29, 1.82) is 0 Å². The first-order chi connectivity index (χ1) is 24.4. The van der Waals surface area contributed by atoms with E-state index in [1.807, 2.05) is 9.47 Å². The van der Waals surface area contributed by atoms with Gasteiger partial charge in [0.25, 0.3) is 0 Å². The highest BCUT2D eigenvalue weighted by molar-refractivity contribution is 7.98. The molecule has 2 heterocycles. The van der Waals surface area contributed by atoms with E-state index >= 15 is 0 Å². The summed E-state index contributed by atoms with van der Waals surface area (Å²) in [5.41, 5.74) is 0.510. The molecule has 1 aromatic heterocycles. The van der Waals surface area contributed by atoms with Crippen LogP contribution in [0.3, 0.4) is 0 Å². The number of aromatic nitrogens is 1. The van der Waals surface area contributed by atoms with Gasteiger partial charge in [-0.15, -0.1) is 11.8 Å². The van der Waals surface area contributed by atoms with Crippen LogP contribution in [0.5, 0.6) is 0 Å². The second kappa shape index (κ2) is 14.0. The summed E-state index contributed by atoms with van der Waals surface area (Å²) in [6.07, 6.45) is -0.373. The van der Waals surface area contributed by atoms with Crippen molar-refractivity contribution in [2.45, 2.75) is 67.1 Å². The van der Waals surface area contributed by atoms with Gasteiger partial charge < -0.3 is 19.1 Å². The van der Waals surface area contributed by atoms with Gasteiger partial charge in [0.2, 0.25) is 5.91 Å². The first-order valence-electron chi connectivity index (χ1n) is 17.3. The number of fused-ring (bicyclic) bond motifs is 1. The fourth-order valence-electron chi connectivity index (χ4n) is 8.57. The van der Waals surface area contributed by atoms with Crippen molar-refractivity contribution >= 4 is 28.6 Å². The topological polar surface area (TPSA) is 54.8 Å². The van der Waals surface area contributed by atoms with Crippen LogP contribution in [-0.2, 0) is 33.4 Å². The number of hydrogen-bond donors (Lipinski definition) is 0. The van der Waals surface area contributed by atoms with E-state index in [1.54, 1.807) is 43.5 Å². The number of thioether (sulfide) groups is 1. The summed E-state index contributed by atoms with van der Waals surface area (Å²) in [5.74, 6) is -1.91. The van der Waals surface area contributed by atoms with Crippen LogP contribution in [0.4, 0.5) is 22.0 Å². The maximum absolute atomic E-state index is 14.6. The molecule has 1 amide bonds. The van der Waals surface area contributed by atoms with Gasteiger partial charge in [0.15, 0.2) is 17.1 Å². The number of hydrogen-bond acceptors (Lipinski definition) is 5. The van der Waals surface area contributed by atoms with Gasteiger partial charge in [0, 0.05) is 62.1 Å². The lowest BCUT2D eigenvalue weighted by Crippen LogP contribution is -2.69. The van der Waals surface area contributed by atoms with E-state index in [0.717, 1.165) is 75.5 Å². The first kappa shape index (κ1) is 35.7. The third kappa shape index (κ3) is 7.06. The van der Waals surface area contributed by atoms with Gasteiger partial charge in [-0.2, -0.15) is 13.2 Å². The minimum atomic E-state index is -4.38. The average molecular weight is 726 g/mol. The molecule has 1 aliphatic heterocycles. The molecule has 3 saturated carbocycles. The van der Waals surface area contributed by atoms with Crippen molar-refractivity contribution in [2.24, 2.45) is 5.41 Å². The van der Waals surface area contributed by atoms with Crippen LogP contribution in [0.15, 0.2) is 82.6 Å². The third-order valence-electron chi connectivity index (χ3n) is 11.1. The van der Waals surface area contributed by atoms with Crippen LogP contribution in [0.25, 0.3) is 10.9 Å². The monoisotopic (exact) mass is 725 g/mol. The van der Waals surface area contributed by atoms with Gasteiger partial charge in [-0.05, 0) is 78.8 Å². The van der Waals surface area contributed by atoms with Crippen LogP contribution in [0.2, 0.25) is 0 Å². The van der Waals surface area contributed by atoms with Crippen LogP contribution >= 0.6 is 11.8 Å². The number of carbonyl (C=O) groups excluding carboxylic acids is 1. The second-order valence-corrected chi connectivity index (χ2v) is 15.4. The molecule has 1 saturated heterocycles. The molecule has 4 fully saturated rings. The molecule has 0 spiro atoms. The Morgan fingerprint density at radius 1 is 0.980 bits per heavy atom. The Kier molecular flexibility index (Phi) is 9.79. The number of benzene rings is 3. The second-order valence-electron chi connectivity index (χ2n) is 14.4. The third-order valence-corrected chi connectivity index (χ3v) is 12.2. The highest BCUT2D eigenvalue weighted by atomic mass is 32.2. The van der Waals surface area contributed by atoms with Gasteiger partial charge in [-0.1, -0.05) is 36.4 Å². The van der Waals surface area contributed by atoms with Crippen molar-refractivity contribution in [1.82, 2.24) is 14.4 Å². The zero-order chi connectivity index (χ0) is 36.0. The Hall–Kier alpha value is -3.74. The number of piperidine rings is 1. The van der Waals surface area contributed by atoms with Gasteiger partial charge in [-0.3, -0.25) is 9.59 Å². The Morgan fingerprint density at radius 2 is 1.69 bits per heavy atom. The van der Waals surface area contributed by atoms with Crippen molar-refractivity contribution in [3.8, 4) is 0 Å². The number of rotatable bonds is 12. The summed E-state index contributed by atoms with van der Waals surface area (Å²) in [6, 6.07) is 18.1. The summed E-state index contributed by atoms with van der Waals surface area (Å²) in [5, 5.41) is 0.944. The van der Waals surface area contributed by atoms with Crippen molar-refractivity contribution < 1.29 is 31.5 Å². The Morgan fingerprint density at radius 3 is 2.37 bits per heavy atom. The van der Waals surface area contributed by atoms with Crippen LogP contribution in [0.1, 0.15) is 48.8 Å². The number of likely N-dealkylation sites (tertiary alicyclic amines) is 1. The van der Waals surface area contributed by atoms with E-state index in [0.29, 0.717) is 29.1 Å². The summed E-state index contributed by atoms with van der Waals surface area (Å²) in [7, 11) is 1.68. The number of methoxy groups -OCH3 is 1. The molecule has 0 atom stereocenters. The molecule has 12 heteroatoms. The smallest absolute Gasteiger partial charge is 0.383 e. The first-order valence-corrected chi connectivity index (χ1v) is 18.3. The molecule has 2 bridgehead atoms. The van der Waals surface area contributed by atoms with E-state index in [1.165, 1.54) is 30.0 Å². The van der Waals surface area contributed by atoms with E-state index in [2.05, 4.69) is 4.90 Å². The number of alkyl halides is 3. The minimum Gasteiger partial charge on any atom is -0.383 e. The number of ether oxygens (including phenoxy) is 1. The Labute approximate surface area is 297 Å². The Balaban J connectivity index is 1.14. The molecular formula is C39H40F5N3O3S. The molecule has 6 nitrogen and oxygen atoms in total. The molecule has 4 aliphatic rings. The van der Waals surface area contributed by atoms with E-state index in [9.17, 15) is 31.5 Å². The molecule has 270 valence electrons. The van der Waals surface area contributed by atoms with Gasteiger partial charge in [0.05, 0.1) is 22.7 Å². The normalized spacial score (nSPS) is 22.1. The summed E-state index contributed by atoms with van der Waals surface area (Å²) in [6.45, 7) is 3.59. The van der Waals surface area contributed by atoms with Crippen molar-refractivity contribution in [3.63, 3.8) is 0 Å². The predicted octanol–water partition coefficient (Wildman–Crippen LogP) is 7.65.